The molecule has 7 heteroatoms. The van der Waals surface area contributed by atoms with E-state index >= 15 is 0 Å². The van der Waals surface area contributed by atoms with Gasteiger partial charge in [-0.3, -0.25) is 10.1 Å². The summed E-state index contributed by atoms with van der Waals surface area (Å²) in [5.74, 6) is 0.0582. The lowest BCUT2D eigenvalue weighted by atomic mass is 10.3. The molecule has 5 nitrogen and oxygen atoms in total. The van der Waals surface area contributed by atoms with E-state index in [1.54, 1.807) is 25.2 Å². The van der Waals surface area contributed by atoms with Crippen molar-refractivity contribution in [1.82, 2.24) is 4.98 Å². The molecule has 0 aliphatic heterocycles. The Morgan fingerprint density at radius 1 is 1.32 bits per heavy atom. The Bertz CT molecular complexity index is 622. The fourth-order valence-electron chi connectivity index (χ4n) is 1.42. The molecular formula is C12H10FN3O2S. The third kappa shape index (κ3) is 3.00. The second kappa shape index (κ2) is 5.66. The average molecular weight is 279 g/mol. The van der Waals surface area contributed by atoms with Crippen molar-refractivity contribution in [2.75, 3.05) is 12.4 Å². The zero-order chi connectivity index (χ0) is 13.8. The molecular weight excluding hydrogens is 269 g/mol. The number of pyridine rings is 1. The summed E-state index contributed by atoms with van der Waals surface area (Å²) in [6.07, 6.45) is 0. The van der Waals surface area contributed by atoms with Crippen LogP contribution in [0.15, 0.2) is 46.3 Å². The highest BCUT2D eigenvalue weighted by Crippen LogP contribution is 2.35. The number of nitro groups is 1. The van der Waals surface area contributed by atoms with Crippen molar-refractivity contribution in [2.45, 2.75) is 9.92 Å². The van der Waals surface area contributed by atoms with Crippen LogP contribution >= 0.6 is 11.8 Å². The molecule has 2 rings (SSSR count). The second-order valence-electron chi connectivity index (χ2n) is 3.56. The van der Waals surface area contributed by atoms with Gasteiger partial charge in [0.05, 0.1) is 4.92 Å². The molecule has 0 unspecified atom stereocenters. The summed E-state index contributed by atoms with van der Waals surface area (Å²) in [6.45, 7) is 0. The summed E-state index contributed by atoms with van der Waals surface area (Å²) in [5.41, 5.74) is -0.146. The minimum absolute atomic E-state index is 0.146. The minimum atomic E-state index is -0.532. The summed E-state index contributed by atoms with van der Waals surface area (Å²) in [7, 11) is 1.66. The first-order chi connectivity index (χ1) is 9.11. The molecule has 1 aromatic carbocycles. The van der Waals surface area contributed by atoms with Crippen molar-refractivity contribution >= 4 is 23.3 Å². The number of hydrogen-bond acceptors (Lipinski definition) is 5. The maximum absolute atomic E-state index is 13.6. The van der Waals surface area contributed by atoms with Crippen molar-refractivity contribution in [1.29, 1.82) is 0 Å². The molecule has 0 spiro atoms. The lowest BCUT2D eigenvalue weighted by molar-refractivity contribution is -0.388. The Hall–Kier alpha value is -2.15. The Morgan fingerprint density at radius 3 is 2.68 bits per heavy atom. The molecule has 0 fully saturated rings. The van der Waals surface area contributed by atoms with Crippen molar-refractivity contribution in [2.24, 2.45) is 0 Å². The van der Waals surface area contributed by atoms with Crippen molar-refractivity contribution in [3.05, 3.63) is 52.3 Å². The second-order valence-corrected chi connectivity index (χ2v) is 4.59. The quantitative estimate of drug-likeness (QED) is 0.686. The first-order valence-corrected chi connectivity index (χ1v) is 6.19. The van der Waals surface area contributed by atoms with Crippen LogP contribution in [0.2, 0.25) is 0 Å². The van der Waals surface area contributed by atoms with Gasteiger partial charge in [0.2, 0.25) is 0 Å². The normalized spacial score (nSPS) is 10.2. The Morgan fingerprint density at radius 2 is 2.05 bits per heavy atom. The fraction of sp³-hybridized carbons (Fsp3) is 0.0833. The zero-order valence-corrected chi connectivity index (χ0v) is 10.8. The molecule has 1 N–H and O–H groups in total. The van der Waals surface area contributed by atoms with Gasteiger partial charge < -0.3 is 5.32 Å². The third-order valence-corrected chi connectivity index (χ3v) is 3.38. The number of anilines is 1. The average Bonchev–Trinajstić information content (AvgIpc) is 2.41. The number of hydrogen-bond donors (Lipinski definition) is 1. The van der Waals surface area contributed by atoms with Crippen LogP contribution in [0.25, 0.3) is 0 Å². The van der Waals surface area contributed by atoms with Gasteiger partial charge in [-0.1, -0.05) is 23.9 Å². The molecule has 0 bridgehead atoms. The SMILES string of the molecule is CNc1ccc([N+](=O)[O-])c(Sc2ccccc2F)n1. The molecule has 2 aromatic rings. The number of benzene rings is 1. The maximum atomic E-state index is 13.6. The van der Waals surface area contributed by atoms with Gasteiger partial charge in [0.1, 0.15) is 11.6 Å². The summed E-state index contributed by atoms with van der Waals surface area (Å²) in [5, 5.41) is 13.9. The van der Waals surface area contributed by atoms with E-state index in [1.807, 2.05) is 0 Å². The van der Waals surface area contributed by atoms with Gasteiger partial charge in [0.25, 0.3) is 0 Å². The number of nitrogens with one attached hydrogen (secondary N) is 1. The number of halogens is 1. The van der Waals surface area contributed by atoms with Crippen LogP contribution in [0.5, 0.6) is 0 Å². The van der Waals surface area contributed by atoms with Gasteiger partial charge in [-0.15, -0.1) is 0 Å². The summed E-state index contributed by atoms with van der Waals surface area (Å²) < 4.78 is 13.6. The van der Waals surface area contributed by atoms with Gasteiger partial charge in [-0.05, 0) is 18.2 Å². The van der Waals surface area contributed by atoms with Gasteiger partial charge >= 0.3 is 5.69 Å². The summed E-state index contributed by atoms with van der Waals surface area (Å²) >= 11 is 0.931. The topological polar surface area (TPSA) is 68.1 Å². The highest BCUT2D eigenvalue weighted by Gasteiger charge is 2.18. The molecule has 0 amide bonds. The van der Waals surface area contributed by atoms with Gasteiger partial charge in [0.15, 0.2) is 5.03 Å². The third-order valence-electron chi connectivity index (χ3n) is 2.34. The Labute approximate surface area is 113 Å². The van der Waals surface area contributed by atoms with Crippen LogP contribution in [0.3, 0.4) is 0 Å². The molecule has 98 valence electrons. The minimum Gasteiger partial charge on any atom is -0.373 e. The van der Waals surface area contributed by atoms with Crippen LogP contribution in [0, 0.1) is 15.9 Å². The fourth-order valence-corrected chi connectivity index (χ4v) is 2.33. The predicted octanol–water partition coefficient (Wildman–Crippen LogP) is 3.32. The lowest BCUT2D eigenvalue weighted by Crippen LogP contribution is -1.98. The van der Waals surface area contributed by atoms with Gasteiger partial charge in [-0.25, -0.2) is 9.37 Å². The summed E-state index contributed by atoms with van der Waals surface area (Å²) in [4.78, 5) is 14.8. The van der Waals surface area contributed by atoms with E-state index < -0.39 is 10.7 Å². The molecule has 1 heterocycles. The van der Waals surface area contributed by atoms with E-state index in [0.717, 1.165) is 11.8 Å². The van der Waals surface area contributed by atoms with Crippen LogP contribution in [-0.4, -0.2) is 17.0 Å². The zero-order valence-electron chi connectivity index (χ0n) is 9.96. The Kier molecular flexibility index (Phi) is 3.96. The smallest absolute Gasteiger partial charge is 0.301 e. The lowest BCUT2D eigenvalue weighted by Gasteiger charge is -2.05. The van der Waals surface area contributed by atoms with E-state index in [9.17, 15) is 14.5 Å². The van der Waals surface area contributed by atoms with E-state index in [0.29, 0.717) is 10.7 Å². The van der Waals surface area contributed by atoms with Crippen LogP contribution in [-0.2, 0) is 0 Å². The predicted molar refractivity (Wildman–Crippen MR) is 71.0 cm³/mol. The van der Waals surface area contributed by atoms with Crippen LogP contribution < -0.4 is 5.32 Å². The monoisotopic (exact) mass is 279 g/mol. The van der Waals surface area contributed by atoms with Gasteiger partial charge in [0, 0.05) is 18.0 Å². The number of nitrogens with zero attached hydrogens (tertiary/aromatic N) is 2. The highest BCUT2D eigenvalue weighted by molar-refractivity contribution is 7.99. The molecule has 0 radical (unpaired) electrons. The van der Waals surface area contributed by atoms with E-state index in [4.69, 9.17) is 0 Å². The number of aromatic nitrogens is 1. The molecule has 0 atom stereocenters. The molecule has 0 aliphatic carbocycles. The highest BCUT2D eigenvalue weighted by atomic mass is 32.2. The first-order valence-electron chi connectivity index (χ1n) is 5.37. The number of rotatable bonds is 4. The molecule has 19 heavy (non-hydrogen) atoms. The standard InChI is InChI=1S/C12H10FN3O2S/c1-14-11-7-6-9(16(17)18)12(15-11)19-10-5-3-2-4-8(10)13/h2-7H,1H3,(H,14,15). The van der Waals surface area contributed by atoms with E-state index in [2.05, 4.69) is 10.3 Å². The Balaban J connectivity index is 2.43. The molecule has 1 aromatic heterocycles. The van der Waals surface area contributed by atoms with Crippen molar-refractivity contribution < 1.29 is 9.31 Å². The van der Waals surface area contributed by atoms with Crippen LogP contribution in [0.4, 0.5) is 15.9 Å². The van der Waals surface area contributed by atoms with Crippen molar-refractivity contribution in [3.63, 3.8) is 0 Å². The molecule has 0 aliphatic rings. The first kappa shape index (κ1) is 13.3. The van der Waals surface area contributed by atoms with Gasteiger partial charge in [-0.2, -0.15) is 0 Å². The van der Waals surface area contributed by atoms with Crippen LogP contribution in [0.1, 0.15) is 0 Å². The molecule has 0 saturated heterocycles. The van der Waals surface area contributed by atoms with E-state index in [1.165, 1.54) is 18.2 Å². The summed E-state index contributed by atoms with van der Waals surface area (Å²) in [6, 6.07) is 8.93. The van der Waals surface area contributed by atoms with E-state index in [-0.39, 0.29) is 10.7 Å². The molecule has 0 saturated carbocycles. The largest absolute Gasteiger partial charge is 0.373 e. The van der Waals surface area contributed by atoms with Crippen molar-refractivity contribution in [3.8, 4) is 0 Å². The maximum Gasteiger partial charge on any atom is 0.301 e.